The van der Waals surface area contributed by atoms with E-state index >= 15 is 0 Å². The van der Waals surface area contributed by atoms with Crippen LogP contribution in [0, 0.1) is 12.8 Å². The molecule has 24 heteroatoms. The number of sulfonamides is 1. The normalized spacial score (nSPS) is 17.3. The van der Waals surface area contributed by atoms with Crippen LogP contribution in [0.15, 0.2) is 125 Å². The number of hydrogen-bond donors (Lipinski definition) is 4. The predicted octanol–water partition coefficient (Wildman–Crippen LogP) is 9.05. The first-order valence-corrected chi connectivity index (χ1v) is 32.3. The lowest BCUT2D eigenvalue weighted by atomic mass is 9.89. The number of benzene rings is 4. The second-order valence-electron chi connectivity index (χ2n) is 23.5. The summed E-state index contributed by atoms with van der Waals surface area (Å²) in [4.78, 5) is 68.5. The number of aryl methyl sites for hydroxylation is 3. The van der Waals surface area contributed by atoms with Crippen LogP contribution in [0.4, 0.5) is 5.69 Å². The van der Waals surface area contributed by atoms with Crippen LogP contribution in [0.5, 0.6) is 28.9 Å². The molecule has 22 nitrogen and oxygen atoms in total. The summed E-state index contributed by atoms with van der Waals surface area (Å²) in [6.07, 6.45) is 7.47. The molecule has 1 saturated heterocycles. The third-order valence-corrected chi connectivity index (χ3v) is 18.4. The Hall–Kier alpha value is -8.58. The first kappa shape index (κ1) is 63.4. The van der Waals surface area contributed by atoms with Crippen LogP contribution in [0.25, 0.3) is 32.6 Å². The zero-order chi connectivity index (χ0) is 63.3. The standard InChI is InChI=1S/C65H77N11O11S2/c1-10-23-84-49-30-50(85-24-12-11-22-72(6)7)32-52(31-49)86-58-34-56-55(73(8)65(81)74(56)9)33-54(58)71-89(82,83)53-15-13-14-45(25-53)62(78)70-47-27-51(28-47)87-59-26-44(20-21-66-59)46-35-68-76(36-46)60(39(2)3)64(80)75-37-48(77)29-57(75)63(79)69-40(4)42-16-18-43(19-17-42)61-41(5)67-38-88-61/h13-21,25-26,30-36,38-40,47-48,51,57,60,71,77H,10-12,22-24,27-29,37H2,1-9H3,(H,69,79)(H,70,78)/t40-,47-,48+,51-,57-,60-/m0/s1. The molecule has 4 N–H and O–H groups in total. The fourth-order valence-electron chi connectivity index (χ4n) is 11.1. The zero-order valence-corrected chi connectivity index (χ0v) is 53.1. The lowest BCUT2D eigenvalue weighted by molar-refractivity contribution is -0.142. The molecule has 10 rings (SSSR count). The molecule has 0 spiro atoms. The highest BCUT2D eigenvalue weighted by atomic mass is 32.2. The molecule has 0 bridgehead atoms. The molecule has 1 saturated carbocycles. The third-order valence-electron chi connectivity index (χ3n) is 16.0. The number of nitrogens with one attached hydrogen (secondary N) is 3. The van der Waals surface area contributed by atoms with E-state index in [-0.39, 0.29) is 76.5 Å². The molecule has 1 aliphatic carbocycles. The van der Waals surface area contributed by atoms with E-state index in [1.807, 2.05) is 84.6 Å². The highest BCUT2D eigenvalue weighted by Crippen LogP contribution is 2.39. The lowest BCUT2D eigenvalue weighted by Gasteiger charge is -2.35. The Bertz CT molecular complexity index is 4020. The minimum Gasteiger partial charge on any atom is -0.493 e. The molecule has 3 amide bonds. The van der Waals surface area contributed by atoms with Crippen molar-refractivity contribution in [2.75, 3.05) is 45.1 Å². The Morgan fingerprint density at radius 2 is 1.56 bits per heavy atom. The van der Waals surface area contributed by atoms with Crippen LogP contribution in [0.2, 0.25) is 0 Å². The van der Waals surface area contributed by atoms with E-state index < -0.39 is 34.1 Å². The molecule has 470 valence electrons. The SMILES string of the molecule is CCCOc1cc(OCCCCN(C)C)cc(Oc2cc3c(cc2NS(=O)(=O)c2cccc(C(=O)N[C@H]4C[C@H](Oc5cc(-c6cnn([C@H](C(=O)N7C[C@H](O)C[C@H]7C(=O)N[C@@H](C)c7ccc(-c8scnc8C)cc7)C(C)C)c6)ccn5)C4)c2)n(C)c(=O)n3C)c1. The van der Waals surface area contributed by atoms with Crippen molar-refractivity contribution < 1.29 is 46.9 Å². The van der Waals surface area contributed by atoms with Gasteiger partial charge in [0.05, 0.1) is 69.3 Å². The summed E-state index contributed by atoms with van der Waals surface area (Å²) in [7, 11) is 2.89. The summed E-state index contributed by atoms with van der Waals surface area (Å²) >= 11 is 1.57. The number of nitrogens with zero attached hydrogens (tertiary/aromatic N) is 8. The summed E-state index contributed by atoms with van der Waals surface area (Å²) in [6, 6.07) is 23.3. The molecule has 5 heterocycles. The van der Waals surface area contributed by atoms with Crippen LogP contribution in [-0.4, -0.2) is 135 Å². The van der Waals surface area contributed by atoms with E-state index in [1.54, 1.807) is 85.1 Å². The van der Waals surface area contributed by atoms with Crippen LogP contribution in [-0.2, 0) is 33.7 Å². The Morgan fingerprint density at radius 3 is 2.26 bits per heavy atom. The van der Waals surface area contributed by atoms with Crippen LogP contribution in [0.3, 0.4) is 0 Å². The van der Waals surface area contributed by atoms with Gasteiger partial charge in [-0.3, -0.25) is 32.9 Å². The second kappa shape index (κ2) is 27.4. The number of carbonyl (C=O) groups excluding carboxylic acids is 3. The maximum atomic E-state index is 14.5. The Balaban J connectivity index is 0.758. The number of pyridine rings is 1. The van der Waals surface area contributed by atoms with Gasteiger partial charge in [0.15, 0.2) is 5.75 Å². The molecule has 89 heavy (non-hydrogen) atoms. The summed E-state index contributed by atoms with van der Waals surface area (Å²) < 4.78 is 60.6. The second-order valence-corrected chi connectivity index (χ2v) is 26.0. The number of anilines is 1. The lowest BCUT2D eigenvalue weighted by Crippen LogP contribution is -2.49. The summed E-state index contributed by atoms with van der Waals surface area (Å²) in [6.45, 7) is 11.5. The molecule has 4 aromatic heterocycles. The van der Waals surface area contributed by atoms with Gasteiger partial charge in [0.25, 0.3) is 15.9 Å². The minimum atomic E-state index is -4.38. The Kier molecular flexibility index (Phi) is 19.6. The third kappa shape index (κ3) is 14.8. The van der Waals surface area contributed by atoms with Crippen molar-refractivity contribution in [1.29, 1.82) is 0 Å². The van der Waals surface area contributed by atoms with Gasteiger partial charge in [-0.1, -0.05) is 51.1 Å². The van der Waals surface area contributed by atoms with E-state index in [2.05, 4.69) is 35.3 Å². The maximum absolute atomic E-state index is 14.5. The van der Waals surface area contributed by atoms with Gasteiger partial charge in [-0.25, -0.2) is 23.2 Å². The average molecular weight is 1250 g/mol. The number of hydrogen-bond acceptors (Lipinski definition) is 16. The quantitative estimate of drug-likeness (QED) is 0.0369. The van der Waals surface area contributed by atoms with Gasteiger partial charge in [0.2, 0.25) is 17.7 Å². The van der Waals surface area contributed by atoms with Gasteiger partial charge in [-0.05, 0) is 107 Å². The molecule has 4 atom stereocenters. The topological polar surface area (TPSA) is 256 Å². The summed E-state index contributed by atoms with van der Waals surface area (Å²) in [5.74, 6) is 0.425. The smallest absolute Gasteiger partial charge is 0.328 e. The van der Waals surface area contributed by atoms with Crippen LogP contribution < -0.4 is 40.0 Å². The fraction of sp³-hybridized carbons (Fsp3) is 0.400. The van der Waals surface area contributed by atoms with Crippen molar-refractivity contribution in [3.05, 3.63) is 142 Å². The number of unbranched alkanes of at least 4 members (excludes halogenated alkanes) is 1. The number of rotatable bonds is 26. The van der Waals surface area contributed by atoms with Gasteiger partial charge < -0.3 is 44.5 Å². The number of likely N-dealkylation sites (tertiary alicyclic amines) is 1. The number of thiazole rings is 1. The van der Waals surface area contributed by atoms with Gasteiger partial charge in [-0.15, -0.1) is 11.3 Å². The molecule has 0 unspecified atom stereocenters. The number of aromatic nitrogens is 6. The number of aliphatic hydroxyl groups excluding tert-OH is 1. The highest BCUT2D eigenvalue weighted by molar-refractivity contribution is 7.92. The maximum Gasteiger partial charge on any atom is 0.328 e. The largest absolute Gasteiger partial charge is 0.493 e. The number of fused-ring (bicyclic) bond motifs is 1. The van der Waals surface area contributed by atoms with E-state index in [4.69, 9.17) is 18.9 Å². The predicted molar refractivity (Wildman–Crippen MR) is 340 cm³/mol. The molecular formula is C65H77N11O11S2. The molecule has 4 aromatic carbocycles. The van der Waals surface area contributed by atoms with Crippen molar-refractivity contribution in [1.82, 2.24) is 49.3 Å². The summed E-state index contributed by atoms with van der Waals surface area (Å²) in [5, 5.41) is 21.5. The molecule has 8 aromatic rings. The molecule has 1 aliphatic heterocycles. The van der Waals surface area contributed by atoms with Crippen molar-refractivity contribution >= 4 is 55.8 Å². The summed E-state index contributed by atoms with van der Waals surface area (Å²) in [5.41, 5.74) is 6.97. The number of ether oxygens (including phenoxy) is 4. The van der Waals surface area contributed by atoms with E-state index in [0.717, 1.165) is 53.1 Å². The minimum absolute atomic E-state index is 0.0122. The number of imidazole rings is 1. The number of β-amino-alcohol motifs (C(OH)–C–C–N with tert-alkyl or cyclic N) is 1. The molecule has 0 radical (unpaired) electrons. The van der Waals surface area contributed by atoms with E-state index in [0.29, 0.717) is 65.8 Å². The zero-order valence-electron chi connectivity index (χ0n) is 51.5. The highest BCUT2D eigenvalue weighted by Gasteiger charge is 2.43. The molecule has 2 fully saturated rings. The first-order chi connectivity index (χ1) is 42.6. The van der Waals surface area contributed by atoms with Crippen molar-refractivity contribution in [3.8, 4) is 50.4 Å². The Morgan fingerprint density at radius 1 is 0.843 bits per heavy atom. The van der Waals surface area contributed by atoms with E-state index in [1.165, 1.54) is 38.3 Å². The van der Waals surface area contributed by atoms with Crippen molar-refractivity contribution in [2.24, 2.45) is 20.0 Å². The average Bonchev–Trinajstić information content (AvgIpc) is 1.79. The van der Waals surface area contributed by atoms with Gasteiger partial charge in [0, 0.05) is 99.8 Å². The number of aliphatic hydroxyl groups is 1. The fourth-order valence-corrected chi connectivity index (χ4v) is 13.0. The van der Waals surface area contributed by atoms with Crippen molar-refractivity contribution in [3.63, 3.8) is 0 Å². The van der Waals surface area contributed by atoms with Crippen molar-refractivity contribution in [2.45, 2.75) is 114 Å². The van der Waals surface area contributed by atoms with Crippen LogP contribution in [0.1, 0.15) is 99.9 Å². The molecular weight excluding hydrogens is 1170 g/mol. The Labute approximate surface area is 521 Å². The number of carbonyl (C=O) groups is 3. The number of amides is 3. The van der Waals surface area contributed by atoms with E-state index in [9.17, 15) is 32.7 Å². The van der Waals surface area contributed by atoms with Gasteiger partial charge >= 0.3 is 5.69 Å². The molecule has 2 aliphatic rings. The first-order valence-electron chi connectivity index (χ1n) is 30.0. The monoisotopic (exact) mass is 1250 g/mol. The van der Waals surface area contributed by atoms with Gasteiger partial charge in [-0.2, -0.15) is 5.10 Å². The van der Waals surface area contributed by atoms with Gasteiger partial charge in [0.1, 0.15) is 35.4 Å². The van der Waals surface area contributed by atoms with Crippen LogP contribution >= 0.6 is 11.3 Å².